The standard InChI is InChI=1S/C23H21F5N4O2/c24-17-11-16-19(12-18(17)25)29-13-20(16)30-21(33)22(34)32-9-7-31(8-10-32)6-5-14-1-3-15(4-2-14)23(26,27)28/h1-4,11-13,29H,5-10H2,(H,30,33). The van der Waals surface area contributed by atoms with Crippen LogP contribution in [0.1, 0.15) is 11.1 Å². The van der Waals surface area contributed by atoms with Crippen LogP contribution in [0.5, 0.6) is 0 Å². The number of H-pyrrole nitrogens is 1. The first-order valence-corrected chi connectivity index (χ1v) is 10.6. The summed E-state index contributed by atoms with van der Waals surface area (Å²) in [5.41, 5.74) is 0.540. The maximum absolute atomic E-state index is 13.5. The van der Waals surface area contributed by atoms with Gasteiger partial charge in [0.05, 0.1) is 16.8 Å². The Bertz CT molecular complexity index is 1200. The monoisotopic (exact) mass is 480 g/mol. The number of rotatable bonds is 4. The Hall–Kier alpha value is -3.47. The van der Waals surface area contributed by atoms with Gasteiger partial charge in [-0.2, -0.15) is 13.2 Å². The lowest BCUT2D eigenvalue weighted by molar-refractivity contribution is -0.144. The van der Waals surface area contributed by atoms with Gasteiger partial charge in [-0.1, -0.05) is 12.1 Å². The number of hydrogen-bond donors (Lipinski definition) is 2. The molecule has 34 heavy (non-hydrogen) atoms. The maximum Gasteiger partial charge on any atom is 0.416 e. The van der Waals surface area contributed by atoms with Crippen molar-refractivity contribution in [3.63, 3.8) is 0 Å². The molecule has 2 heterocycles. The van der Waals surface area contributed by atoms with Crippen LogP contribution in [-0.4, -0.2) is 59.3 Å². The van der Waals surface area contributed by atoms with E-state index in [-0.39, 0.29) is 16.6 Å². The van der Waals surface area contributed by atoms with Crippen molar-refractivity contribution in [3.8, 4) is 0 Å². The molecule has 2 aromatic carbocycles. The lowest BCUT2D eigenvalue weighted by Gasteiger charge is -2.34. The molecule has 3 aromatic rings. The lowest BCUT2D eigenvalue weighted by atomic mass is 10.1. The first kappa shape index (κ1) is 23.7. The molecule has 4 rings (SSSR count). The molecule has 0 unspecified atom stereocenters. The van der Waals surface area contributed by atoms with Gasteiger partial charge < -0.3 is 15.2 Å². The van der Waals surface area contributed by atoms with Crippen LogP contribution < -0.4 is 5.32 Å². The molecule has 0 aliphatic carbocycles. The summed E-state index contributed by atoms with van der Waals surface area (Å²) >= 11 is 0. The number of nitrogens with zero attached hydrogens (tertiary/aromatic N) is 2. The summed E-state index contributed by atoms with van der Waals surface area (Å²) in [5.74, 6) is -3.72. The van der Waals surface area contributed by atoms with Crippen LogP contribution in [0.4, 0.5) is 27.6 Å². The number of fused-ring (bicyclic) bond motifs is 1. The van der Waals surface area contributed by atoms with E-state index in [9.17, 15) is 31.5 Å². The quantitative estimate of drug-likeness (QED) is 0.441. The van der Waals surface area contributed by atoms with Gasteiger partial charge >= 0.3 is 18.0 Å². The van der Waals surface area contributed by atoms with Crippen molar-refractivity contribution < 1.29 is 31.5 Å². The maximum atomic E-state index is 13.5. The van der Waals surface area contributed by atoms with Crippen molar-refractivity contribution in [1.82, 2.24) is 14.8 Å². The molecule has 1 aliphatic heterocycles. The van der Waals surface area contributed by atoms with E-state index in [1.165, 1.54) is 23.2 Å². The molecule has 180 valence electrons. The first-order chi connectivity index (χ1) is 16.1. The summed E-state index contributed by atoms with van der Waals surface area (Å²) in [6, 6.07) is 6.94. The minimum absolute atomic E-state index is 0.169. The number of carbonyl (C=O) groups excluding carboxylic acids is 2. The summed E-state index contributed by atoms with van der Waals surface area (Å²) in [6.45, 7) is 2.26. The highest BCUT2D eigenvalue weighted by Crippen LogP contribution is 2.29. The molecule has 2 amide bonds. The van der Waals surface area contributed by atoms with E-state index < -0.39 is 35.2 Å². The van der Waals surface area contributed by atoms with Gasteiger partial charge in [0.1, 0.15) is 0 Å². The van der Waals surface area contributed by atoms with E-state index in [2.05, 4.69) is 15.2 Å². The third kappa shape index (κ3) is 5.19. The molecule has 0 bridgehead atoms. The molecule has 2 N–H and O–H groups in total. The Labute approximate surface area is 191 Å². The molecule has 0 saturated carbocycles. The number of amides is 2. The number of alkyl halides is 3. The van der Waals surface area contributed by atoms with E-state index in [4.69, 9.17) is 0 Å². The van der Waals surface area contributed by atoms with Crippen LogP contribution in [0.25, 0.3) is 10.9 Å². The van der Waals surface area contributed by atoms with E-state index in [1.807, 2.05) is 0 Å². The Morgan fingerprint density at radius 1 is 0.971 bits per heavy atom. The molecular weight excluding hydrogens is 459 g/mol. The average Bonchev–Trinajstić information content (AvgIpc) is 3.18. The minimum atomic E-state index is -4.37. The number of piperazine rings is 1. The Kier molecular flexibility index (Phi) is 6.56. The lowest BCUT2D eigenvalue weighted by Crippen LogP contribution is -2.51. The molecule has 0 atom stereocenters. The molecule has 11 heteroatoms. The fourth-order valence-corrected chi connectivity index (χ4v) is 3.86. The zero-order chi connectivity index (χ0) is 24.5. The van der Waals surface area contributed by atoms with Crippen LogP contribution in [0.15, 0.2) is 42.6 Å². The molecule has 1 saturated heterocycles. The Morgan fingerprint density at radius 2 is 1.62 bits per heavy atom. The second-order valence-corrected chi connectivity index (χ2v) is 8.05. The SMILES string of the molecule is O=C(Nc1c[nH]c2cc(F)c(F)cc12)C(=O)N1CCN(CCc2ccc(C(F)(F)F)cc2)CC1. The molecule has 1 aromatic heterocycles. The van der Waals surface area contributed by atoms with Crippen LogP contribution in [-0.2, 0) is 22.2 Å². The van der Waals surface area contributed by atoms with E-state index in [1.54, 1.807) is 0 Å². The summed E-state index contributed by atoms with van der Waals surface area (Å²) in [5, 5.41) is 2.68. The normalized spacial score (nSPS) is 15.0. The van der Waals surface area contributed by atoms with Crippen molar-refractivity contribution in [2.45, 2.75) is 12.6 Å². The Balaban J connectivity index is 1.27. The van der Waals surface area contributed by atoms with Crippen LogP contribution >= 0.6 is 0 Å². The second kappa shape index (κ2) is 9.41. The topological polar surface area (TPSA) is 68.4 Å². The second-order valence-electron chi connectivity index (χ2n) is 8.05. The van der Waals surface area contributed by atoms with Gasteiger partial charge in [0.15, 0.2) is 11.6 Å². The highest BCUT2D eigenvalue weighted by atomic mass is 19.4. The van der Waals surface area contributed by atoms with Crippen LogP contribution in [0.3, 0.4) is 0 Å². The summed E-state index contributed by atoms with van der Waals surface area (Å²) < 4.78 is 64.9. The van der Waals surface area contributed by atoms with Gasteiger partial charge in [0, 0.05) is 50.4 Å². The fourth-order valence-electron chi connectivity index (χ4n) is 3.86. The smallest absolute Gasteiger partial charge is 0.359 e. The summed E-state index contributed by atoms with van der Waals surface area (Å²) in [6.07, 6.45) is -2.45. The van der Waals surface area contributed by atoms with E-state index >= 15 is 0 Å². The number of anilines is 1. The molecule has 1 fully saturated rings. The number of nitrogens with one attached hydrogen (secondary N) is 2. The third-order valence-corrected chi connectivity index (χ3v) is 5.82. The molecule has 0 spiro atoms. The summed E-state index contributed by atoms with van der Waals surface area (Å²) in [7, 11) is 0. The molecule has 1 aliphatic rings. The average molecular weight is 480 g/mol. The first-order valence-electron chi connectivity index (χ1n) is 10.6. The number of aromatic nitrogens is 1. The van der Waals surface area contributed by atoms with Gasteiger partial charge in [-0.25, -0.2) is 8.78 Å². The number of carbonyl (C=O) groups is 2. The fraction of sp³-hybridized carbons (Fsp3) is 0.304. The number of halogens is 5. The molecule has 6 nitrogen and oxygen atoms in total. The largest absolute Gasteiger partial charge is 0.416 e. The molecular formula is C23H21F5N4O2. The van der Waals surface area contributed by atoms with E-state index in [0.29, 0.717) is 39.1 Å². The van der Waals surface area contributed by atoms with Gasteiger partial charge in [0.25, 0.3) is 0 Å². The predicted octanol–water partition coefficient (Wildman–Crippen LogP) is 3.79. The van der Waals surface area contributed by atoms with Gasteiger partial charge in [-0.3, -0.25) is 14.5 Å². The van der Waals surface area contributed by atoms with Crippen LogP contribution in [0, 0.1) is 11.6 Å². The van der Waals surface area contributed by atoms with Crippen LogP contribution in [0.2, 0.25) is 0 Å². The zero-order valence-corrected chi connectivity index (χ0v) is 17.9. The van der Waals surface area contributed by atoms with Crippen molar-refractivity contribution in [2.24, 2.45) is 0 Å². The van der Waals surface area contributed by atoms with E-state index in [0.717, 1.165) is 29.8 Å². The number of benzene rings is 2. The van der Waals surface area contributed by atoms with Crippen molar-refractivity contribution >= 4 is 28.4 Å². The predicted molar refractivity (Wildman–Crippen MR) is 115 cm³/mol. The highest BCUT2D eigenvalue weighted by Gasteiger charge is 2.30. The third-order valence-electron chi connectivity index (χ3n) is 5.82. The Morgan fingerprint density at radius 3 is 2.26 bits per heavy atom. The van der Waals surface area contributed by atoms with Crippen molar-refractivity contribution in [1.29, 1.82) is 0 Å². The van der Waals surface area contributed by atoms with Crippen molar-refractivity contribution in [2.75, 3.05) is 38.0 Å². The van der Waals surface area contributed by atoms with Gasteiger partial charge in [0.2, 0.25) is 0 Å². The number of hydrogen-bond acceptors (Lipinski definition) is 3. The van der Waals surface area contributed by atoms with Gasteiger partial charge in [-0.15, -0.1) is 0 Å². The number of aromatic amines is 1. The molecule has 0 radical (unpaired) electrons. The zero-order valence-electron chi connectivity index (χ0n) is 17.9. The highest BCUT2D eigenvalue weighted by molar-refractivity contribution is 6.40. The summed E-state index contributed by atoms with van der Waals surface area (Å²) in [4.78, 5) is 31.1. The van der Waals surface area contributed by atoms with Gasteiger partial charge in [-0.05, 0) is 30.2 Å². The minimum Gasteiger partial charge on any atom is -0.359 e. The van der Waals surface area contributed by atoms with Crippen molar-refractivity contribution in [3.05, 3.63) is 65.4 Å².